The number of nitrogens with two attached hydrogens (primary N) is 1. The molecule has 1 aromatic carbocycles. The Kier molecular flexibility index (Phi) is 3.45. The van der Waals surface area contributed by atoms with Crippen LogP contribution < -0.4 is 11.1 Å². The van der Waals surface area contributed by atoms with Crippen LogP contribution in [0.15, 0.2) is 18.2 Å². The van der Waals surface area contributed by atoms with Crippen molar-refractivity contribution in [2.75, 3.05) is 11.1 Å². The van der Waals surface area contributed by atoms with Gasteiger partial charge in [0.25, 0.3) is 5.91 Å². The number of hydrogen-bond acceptors (Lipinski definition) is 3. The summed E-state index contributed by atoms with van der Waals surface area (Å²) in [6.07, 6.45) is 0. The van der Waals surface area contributed by atoms with Crippen LogP contribution in [0.25, 0.3) is 0 Å². The fraction of sp³-hybridized carbons (Fsp3) is 0.0909. The van der Waals surface area contributed by atoms with Crippen LogP contribution >= 0.6 is 23.2 Å². The number of H-pyrrole nitrogens is 1. The summed E-state index contributed by atoms with van der Waals surface area (Å²) >= 11 is 11.7. The highest BCUT2D eigenvalue weighted by Crippen LogP contribution is 2.31. The van der Waals surface area contributed by atoms with Crippen molar-refractivity contribution < 1.29 is 4.79 Å². The molecular weight excluding hydrogens is 275 g/mol. The van der Waals surface area contributed by atoms with Gasteiger partial charge in [-0.3, -0.25) is 9.89 Å². The molecular formula is C11H10Cl2N4O. The Hall–Kier alpha value is -1.72. The molecule has 0 atom stereocenters. The third kappa shape index (κ3) is 2.57. The molecule has 0 saturated carbocycles. The lowest BCUT2D eigenvalue weighted by Gasteiger charge is -2.07. The summed E-state index contributed by atoms with van der Waals surface area (Å²) < 4.78 is 0. The van der Waals surface area contributed by atoms with E-state index in [9.17, 15) is 4.79 Å². The quantitative estimate of drug-likeness (QED) is 0.742. The smallest absolute Gasteiger partial charge is 0.276 e. The molecule has 0 radical (unpaired) electrons. The van der Waals surface area contributed by atoms with E-state index >= 15 is 0 Å². The van der Waals surface area contributed by atoms with E-state index in [1.165, 1.54) is 12.1 Å². The minimum atomic E-state index is -0.351. The molecule has 2 aromatic rings. The van der Waals surface area contributed by atoms with Crippen molar-refractivity contribution in [3.05, 3.63) is 39.6 Å². The number of halogens is 2. The van der Waals surface area contributed by atoms with E-state index < -0.39 is 0 Å². The van der Waals surface area contributed by atoms with Gasteiger partial charge in [-0.05, 0) is 25.1 Å². The van der Waals surface area contributed by atoms with Crippen molar-refractivity contribution in [3.63, 3.8) is 0 Å². The second-order valence-corrected chi connectivity index (χ2v) is 4.56. The Labute approximate surface area is 113 Å². The predicted octanol–water partition coefficient (Wildman–Crippen LogP) is 2.86. The lowest BCUT2D eigenvalue weighted by molar-refractivity contribution is 0.102. The second kappa shape index (κ2) is 4.88. The highest BCUT2D eigenvalue weighted by molar-refractivity contribution is 6.39. The molecule has 0 unspecified atom stereocenters. The zero-order valence-electron chi connectivity index (χ0n) is 9.42. The number of anilines is 2. The highest BCUT2D eigenvalue weighted by Gasteiger charge is 2.11. The molecule has 4 N–H and O–H groups in total. The minimum Gasteiger partial charge on any atom is -0.396 e. The summed E-state index contributed by atoms with van der Waals surface area (Å²) in [7, 11) is 0. The Bertz CT molecular complexity index is 586. The maximum atomic E-state index is 11.8. The SMILES string of the molecule is Cc1cc(C(=O)Nc2cc(Cl)c(N)c(Cl)c2)n[nH]1. The molecule has 0 fully saturated rings. The number of aromatic amines is 1. The first-order chi connectivity index (χ1) is 8.47. The number of rotatable bonds is 2. The fourth-order valence-electron chi connectivity index (χ4n) is 1.39. The molecule has 94 valence electrons. The summed E-state index contributed by atoms with van der Waals surface area (Å²) in [6.45, 7) is 1.81. The third-order valence-electron chi connectivity index (χ3n) is 2.28. The largest absolute Gasteiger partial charge is 0.396 e. The lowest BCUT2D eigenvalue weighted by Crippen LogP contribution is -2.12. The molecule has 0 saturated heterocycles. The first kappa shape index (κ1) is 12.7. The monoisotopic (exact) mass is 284 g/mol. The van der Waals surface area contributed by atoms with Crippen molar-refractivity contribution in [1.29, 1.82) is 0 Å². The molecule has 0 spiro atoms. The van der Waals surface area contributed by atoms with Gasteiger partial charge in [-0.15, -0.1) is 0 Å². The molecule has 1 aromatic heterocycles. The second-order valence-electron chi connectivity index (χ2n) is 3.74. The summed E-state index contributed by atoms with van der Waals surface area (Å²) in [6, 6.07) is 4.69. The van der Waals surface area contributed by atoms with Gasteiger partial charge in [0, 0.05) is 11.4 Å². The predicted molar refractivity (Wildman–Crippen MR) is 72.2 cm³/mol. The summed E-state index contributed by atoms with van der Waals surface area (Å²) in [5.74, 6) is -0.351. The first-order valence-corrected chi connectivity index (χ1v) is 5.81. The van der Waals surface area contributed by atoms with E-state index in [0.717, 1.165) is 5.69 Å². The number of nitrogens with one attached hydrogen (secondary N) is 2. The van der Waals surface area contributed by atoms with Crippen molar-refractivity contribution in [2.45, 2.75) is 6.92 Å². The van der Waals surface area contributed by atoms with Gasteiger partial charge in [0.05, 0.1) is 15.7 Å². The van der Waals surface area contributed by atoms with E-state index in [4.69, 9.17) is 28.9 Å². The molecule has 0 aliphatic carbocycles. The van der Waals surface area contributed by atoms with Gasteiger partial charge in [0.1, 0.15) is 0 Å². The van der Waals surface area contributed by atoms with Crippen molar-refractivity contribution >= 4 is 40.5 Å². The van der Waals surface area contributed by atoms with Crippen molar-refractivity contribution in [2.24, 2.45) is 0 Å². The van der Waals surface area contributed by atoms with E-state index in [-0.39, 0.29) is 27.3 Å². The Morgan fingerprint density at radius 2 is 1.94 bits per heavy atom. The molecule has 2 rings (SSSR count). The number of hydrogen-bond donors (Lipinski definition) is 3. The zero-order valence-corrected chi connectivity index (χ0v) is 10.9. The van der Waals surface area contributed by atoms with Gasteiger partial charge in [-0.25, -0.2) is 0 Å². The summed E-state index contributed by atoms with van der Waals surface area (Å²) in [4.78, 5) is 11.8. The number of benzene rings is 1. The van der Waals surface area contributed by atoms with Crippen LogP contribution in [0.1, 0.15) is 16.2 Å². The third-order valence-corrected chi connectivity index (χ3v) is 2.90. The van der Waals surface area contributed by atoms with Gasteiger partial charge < -0.3 is 11.1 Å². The molecule has 5 nitrogen and oxygen atoms in total. The molecule has 1 heterocycles. The Morgan fingerprint density at radius 1 is 1.33 bits per heavy atom. The highest BCUT2D eigenvalue weighted by atomic mass is 35.5. The molecule has 0 aliphatic rings. The maximum absolute atomic E-state index is 11.8. The summed E-state index contributed by atoms with van der Waals surface area (Å²) in [5, 5.41) is 9.74. The molecule has 7 heteroatoms. The molecule has 0 aliphatic heterocycles. The van der Waals surface area contributed by atoms with E-state index in [0.29, 0.717) is 5.69 Å². The number of carbonyl (C=O) groups excluding carboxylic acids is 1. The lowest BCUT2D eigenvalue weighted by atomic mass is 10.2. The van der Waals surface area contributed by atoms with Crippen molar-refractivity contribution in [1.82, 2.24) is 10.2 Å². The van der Waals surface area contributed by atoms with Gasteiger partial charge in [-0.1, -0.05) is 23.2 Å². The number of nitrogens with zero attached hydrogens (tertiary/aromatic N) is 1. The van der Waals surface area contributed by atoms with Crippen LogP contribution in [0.3, 0.4) is 0 Å². The summed E-state index contributed by atoms with van der Waals surface area (Å²) in [5.41, 5.74) is 7.44. The van der Waals surface area contributed by atoms with Gasteiger partial charge >= 0.3 is 0 Å². The number of nitrogen functional groups attached to an aromatic ring is 1. The zero-order chi connectivity index (χ0) is 13.3. The number of aromatic nitrogens is 2. The van der Waals surface area contributed by atoms with E-state index in [1.807, 2.05) is 0 Å². The normalized spacial score (nSPS) is 10.4. The molecule has 18 heavy (non-hydrogen) atoms. The maximum Gasteiger partial charge on any atom is 0.276 e. The standard InChI is InChI=1S/C11H10Cl2N4O/c1-5-2-9(17-16-5)11(18)15-6-3-7(12)10(14)8(13)4-6/h2-4H,14H2,1H3,(H,15,18)(H,16,17). The Morgan fingerprint density at radius 3 is 2.44 bits per heavy atom. The van der Waals surface area contributed by atoms with Gasteiger partial charge in [0.2, 0.25) is 0 Å². The van der Waals surface area contributed by atoms with Gasteiger partial charge in [-0.2, -0.15) is 5.10 Å². The van der Waals surface area contributed by atoms with E-state index in [1.54, 1.807) is 13.0 Å². The van der Waals surface area contributed by atoms with E-state index in [2.05, 4.69) is 15.5 Å². The number of amides is 1. The average Bonchev–Trinajstić information content (AvgIpc) is 2.72. The Balaban J connectivity index is 2.22. The fourth-order valence-corrected chi connectivity index (χ4v) is 1.87. The van der Waals surface area contributed by atoms with Crippen LogP contribution in [-0.4, -0.2) is 16.1 Å². The van der Waals surface area contributed by atoms with Crippen LogP contribution in [0, 0.1) is 6.92 Å². The first-order valence-electron chi connectivity index (χ1n) is 5.05. The number of aryl methyl sites for hydroxylation is 1. The number of carbonyl (C=O) groups is 1. The average molecular weight is 285 g/mol. The van der Waals surface area contributed by atoms with Crippen molar-refractivity contribution in [3.8, 4) is 0 Å². The topological polar surface area (TPSA) is 83.8 Å². The van der Waals surface area contributed by atoms with Crippen LogP contribution in [0.2, 0.25) is 10.0 Å². The van der Waals surface area contributed by atoms with Gasteiger partial charge in [0.15, 0.2) is 5.69 Å². The molecule has 0 bridgehead atoms. The molecule has 1 amide bonds. The van der Waals surface area contributed by atoms with Crippen LogP contribution in [-0.2, 0) is 0 Å². The van der Waals surface area contributed by atoms with Crippen LogP contribution in [0.5, 0.6) is 0 Å². The minimum absolute atomic E-state index is 0.284. The van der Waals surface area contributed by atoms with Crippen LogP contribution in [0.4, 0.5) is 11.4 Å².